The predicted octanol–water partition coefficient (Wildman–Crippen LogP) is 4.31. The summed E-state index contributed by atoms with van der Waals surface area (Å²) in [5.74, 6) is 0.890. The second-order valence-corrected chi connectivity index (χ2v) is 9.70. The molecular weight excluding hydrogens is 272 g/mol. The second kappa shape index (κ2) is 4.83. The largest absolute Gasteiger partial charge is 0.393 e. The molecule has 3 fully saturated rings. The maximum Gasteiger partial charge on any atom is 0.0689 e. The molecule has 0 bridgehead atoms. The van der Waals surface area contributed by atoms with Crippen molar-refractivity contribution in [3.8, 4) is 0 Å². The highest BCUT2D eigenvalue weighted by atomic mass is 16.3. The van der Waals surface area contributed by atoms with Crippen molar-refractivity contribution in [1.29, 1.82) is 0 Å². The Morgan fingerprint density at radius 3 is 2.23 bits per heavy atom. The number of hydrogen-bond donors (Lipinski definition) is 2. The lowest BCUT2D eigenvalue weighted by molar-refractivity contribution is -0.221. The average molecular weight is 306 g/mol. The summed E-state index contributed by atoms with van der Waals surface area (Å²) in [7, 11) is 0. The Bertz CT molecular complexity index is 470. The minimum absolute atomic E-state index is 0.0342. The maximum absolute atomic E-state index is 11.5. The van der Waals surface area contributed by atoms with E-state index in [9.17, 15) is 10.2 Å². The summed E-state index contributed by atoms with van der Waals surface area (Å²) in [5.41, 5.74) is -0.325. The molecule has 2 nitrogen and oxygen atoms in total. The molecule has 0 aromatic rings. The van der Waals surface area contributed by atoms with Crippen LogP contribution in [0.2, 0.25) is 0 Å². The summed E-state index contributed by atoms with van der Waals surface area (Å²) in [6, 6.07) is 0. The molecule has 3 aliphatic carbocycles. The summed E-state index contributed by atoms with van der Waals surface area (Å²) in [6.07, 6.45) is 8.82. The smallest absolute Gasteiger partial charge is 0.0689 e. The molecule has 0 heterocycles. The molecule has 3 saturated carbocycles. The fourth-order valence-electron chi connectivity index (χ4n) is 6.62. The SMILES string of the molecule is C=C[C@@]1(C)CC[C@@H]2[C@](O)(CC[C@@H]3C(C)(C)[C@H](O)CC[C@]32C)C1. The minimum atomic E-state index is -0.537. The molecule has 3 rings (SSSR count). The molecule has 0 aliphatic heterocycles. The van der Waals surface area contributed by atoms with Crippen LogP contribution in [0.1, 0.15) is 72.6 Å². The van der Waals surface area contributed by atoms with Crippen molar-refractivity contribution < 1.29 is 10.2 Å². The number of hydrogen-bond acceptors (Lipinski definition) is 2. The Hall–Kier alpha value is -0.340. The number of rotatable bonds is 1. The van der Waals surface area contributed by atoms with Crippen molar-refractivity contribution in [1.82, 2.24) is 0 Å². The molecule has 0 spiro atoms. The first-order chi connectivity index (χ1) is 10.1. The van der Waals surface area contributed by atoms with Gasteiger partial charge >= 0.3 is 0 Å². The summed E-state index contributed by atoms with van der Waals surface area (Å²) < 4.78 is 0. The lowest BCUT2D eigenvalue weighted by Gasteiger charge is -2.65. The van der Waals surface area contributed by atoms with Crippen LogP contribution in [-0.4, -0.2) is 21.9 Å². The van der Waals surface area contributed by atoms with Gasteiger partial charge in [0.1, 0.15) is 0 Å². The van der Waals surface area contributed by atoms with Gasteiger partial charge in [-0.05, 0) is 73.0 Å². The minimum Gasteiger partial charge on any atom is -0.393 e. The number of allylic oxidation sites excluding steroid dienone is 1. The van der Waals surface area contributed by atoms with Gasteiger partial charge in [-0.3, -0.25) is 0 Å². The van der Waals surface area contributed by atoms with E-state index in [2.05, 4.69) is 40.3 Å². The molecule has 2 heteroatoms. The zero-order valence-corrected chi connectivity index (χ0v) is 14.9. The number of fused-ring (bicyclic) bond motifs is 3. The quantitative estimate of drug-likeness (QED) is 0.709. The van der Waals surface area contributed by atoms with E-state index in [1.165, 1.54) is 0 Å². The highest BCUT2D eigenvalue weighted by molar-refractivity contribution is 5.14. The summed E-state index contributed by atoms with van der Waals surface area (Å²) in [4.78, 5) is 0. The van der Waals surface area contributed by atoms with E-state index in [1.807, 2.05) is 0 Å². The van der Waals surface area contributed by atoms with Crippen LogP contribution in [0.25, 0.3) is 0 Å². The number of aliphatic hydroxyl groups excluding tert-OH is 1. The molecule has 0 saturated heterocycles. The van der Waals surface area contributed by atoms with E-state index in [0.29, 0.717) is 11.8 Å². The van der Waals surface area contributed by atoms with Crippen molar-refractivity contribution in [2.75, 3.05) is 0 Å². The van der Waals surface area contributed by atoms with Gasteiger partial charge in [0.25, 0.3) is 0 Å². The van der Waals surface area contributed by atoms with Crippen molar-refractivity contribution in [2.24, 2.45) is 28.1 Å². The molecule has 0 radical (unpaired) electrons. The van der Waals surface area contributed by atoms with E-state index in [1.54, 1.807) is 0 Å². The first-order valence-electron chi connectivity index (χ1n) is 9.11. The van der Waals surface area contributed by atoms with Crippen LogP contribution in [0, 0.1) is 28.1 Å². The lowest BCUT2D eigenvalue weighted by Crippen LogP contribution is -2.63. The first kappa shape index (κ1) is 16.5. The van der Waals surface area contributed by atoms with Gasteiger partial charge in [-0.15, -0.1) is 6.58 Å². The molecule has 6 atom stereocenters. The van der Waals surface area contributed by atoms with Crippen LogP contribution in [0.5, 0.6) is 0 Å². The monoisotopic (exact) mass is 306 g/mol. The Morgan fingerprint density at radius 1 is 0.955 bits per heavy atom. The standard InChI is InChI=1S/C20H34O2/c1-6-18(4)10-7-15-19(5)11-9-16(21)17(2,3)14(19)8-12-20(15,22)13-18/h6,14-16,21-22H,1,7-13H2,2-5H3/t14-,15+,16-,18+,19-,20+/m1/s1. The normalized spacial score (nSPS) is 54.2. The van der Waals surface area contributed by atoms with Gasteiger partial charge in [0.2, 0.25) is 0 Å². The third-order valence-corrected chi connectivity index (χ3v) is 8.03. The zero-order chi connectivity index (χ0) is 16.4. The molecular formula is C20H34O2. The predicted molar refractivity (Wildman–Crippen MR) is 90.4 cm³/mol. The summed E-state index contributed by atoms with van der Waals surface area (Å²) in [6.45, 7) is 13.1. The van der Waals surface area contributed by atoms with Crippen LogP contribution >= 0.6 is 0 Å². The molecule has 22 heavy (non-hydrogen) atoms. The van der Waals surface area contributed by atoms with E-state index in [-0.39, 0.29) is 22.3 Å². The second-order valence-electron chi connectivity index (χ2n) is 9.70. The van der Waals surface area contributed by atoms with E-state index >= 15 is 0 Å². The maximum atomic E-state index is 11.5. The summed E-state index contributed by atoms with van der Waals surface area (Å²) in [5, 5.41) is 22.0. The Labute approximate surface area is 136 Å². The van der Waals surface area contributed by atoms with Crippen molar-refractivity contribution in [3.05, 3.63) is 12.7 Å². The Balaban J connectivity index is 1.95. The highest BCUT2D eigenvalue weighted by Gasteiger charge is 2.63. The third kappa shape index (κ3) is 2.13. The van der Waals surface area contributed by atoms with Crippen LogP contribution in [-0.2, 0) is 0 Å². The molecule has 0 amide bonds. The topological polar surface area (TPSA) is 40.5 Å². The fourth-order valence-corrected chi connectivity index (χ4v) is 6.62. The van der Waals surface area contributed by atoms with Gasteiger partial charge in [0, 0.05) is 0 Å². The molecule has 0 aromatic heterocycles. The molecule has 0 unspecified atom stereocenters. The van der Waals surface area contributed by atoms with Gasteiger partial charge in [0.15, 0.2) is 0 Å². The molecule has 2 N–H and O–H groups in total. The van der Waals surface area contributed by atoms with Crippen molar-refractivity contribution >= 4 is 0 Å². The van der Waals surface area contributed by atoms with Crippen LogP contribution in [0.15, 0.2) is 12.7 Å². The van der Waals surface area contributed by atoms with Crippen molar-refractivity contribution in [3.63, 3.8) is 0 Å². The zero-order valence-electron chi connectivity index (χ0n) is 14.9. The lowest BCUT2D eigenvalue weighted by atomic mass is 9.41. The van der Waals surface area contributed by atoms with Gasteiger partial charge in [-0.25, -0.2) is 0 Å². The van der Waals surface area contributed by atoms with Crippen LogP contribution in [0.3, 0.4) is 0 Å². The van der Waals surface area contributed by atoms with Gasteiger partial charge in [0.05, 0.1) is 11.7 Å². The van der Waals surface area contributed by atoms with Crippen molar-refractivity contribution in [2.45, 2.75) is 84.3 Å². The third-order valence-electron chi connectivity index (χ3n) is 8.03. The van der Waals surface area contributed by atoms with E-state index < -0.39 is 5.60 Å². The first-order valence-corrected chi connectivity index (χ1v) is 9.11. The fraction of sp³-hybridized carbons (Fsp3) is 0.900. The molecule has 3 aliphatic rings. The average Bonchev–Trinajstić information content (AvgIpc) is 2.42. The van der Waals surface area contributed by atoms with Crippen LogP contribution in [0.4, 0.5) is 0 Å². The molecule has 126 valence electrons. The molecule has 0 aromatic carbocycles. The van der Waals surface area contributed by atoms with Gasteiger partial charge in [-0.2, -0.15) is 0 Å². The van der Waals surface area contributed by atoms with Gasteiger partial charge in [-0.1, -0.05) is 33.8 Å². The number of aliphatic hydroxyl groups is 2. The highest BCUT2D eigenvalue weighted by Crippen LogP contribution is 2.66. The summed E-state index contributed by atoms with van der Waals surface area (Å²) >= 11 is 0. The Morgan fingerprint density at radius 2 is 1.59 bits per heavy atom. The van der Waals surface area contributed by atoms with E-state index in [0.717, 1.165) is 44.9 Å². The Kier molecular flexibility index (Phi) is 3.63. The van der Waals surface area contributed by atoms with E-state index in [4.69, 9.17) is 0 Å². The van der Waals surface area contributed by atoms with Crippen LogP contribution < -0.4 is 0 Å². The van der Waals surface area contributed by atoms with Gasteiger partial charge < -0.3 is 10.2 Å².